The fourth-order valence-electron chi connectivity index (χ4n) is 4.82. The molecule has 2 fully saturated rings. The maximum atomic E-state index is 2.72. The third-order valence-corrected chi connectivity index (χ3v) is 16.0. The van der Waals surface area contributed by atoms with Gasteiger partial charge in [-0.05, 0) is 11.1 Å². The summed E-state index contributed by atoms with van der Waals surface area (Å²) < 4.78 is 0. The van der Waals surface area contributed by atoms with Gasteiger partial charge in [0.15, 0.2) is 0 Å². The smallest absolute Gasteiger partial charge is 0.0502 e. The van der Waals surface area contributed by atoms with Crippen LogP contribution in [0.3, 0.4) is 0 Å². The summed E-state index contributed by atoms with van der Waals surface area (Å²) in [5.41, 5.74) is 2.32. The van der Waals surface area contributed by atoms with Gasteiger partial charge in [-0.2, -0.15) is 0 Å². The summed E-state index contributed by atoms with van der Waals surface area (Å²) >= 11 is 0. The molecule has 0 saturated heterocycles. The topological polar surface area (TPSA) is 0 Å². The normalized spacial score (nSPS) is 24.0. The SMILES string of the molecule is C[Si](C)(CC[Si](C)(C)C1CCCCC1)C1CCCCC1. The molecule has 0 spiro atoms. The second-order valence-corrected chi connectivity index (χ2v) is 19.7. The molecule has 0 aromatic carbocycles. The molecule has 0 amide bonds. The first-order valence-corrected chi connectivity index (χ1v) is 16.0. The minimum Gasteiger partial charge on any atom is -0.0692 e. The zero-order chi connectivity index (χ0) is 14.6. The molecule has 0 radical (unpaired) electrons. The van der Waals surface area contributed by atoms with Crippen LogP contribution in [0.25, 0.3) is 0 Å². The fourth-order valence-corrected chi connectivity index (χ4v) is 14.7. The average molecular weight is 311 g/mol. The van der Waals surface area contributed by atoms with Gasteiger partial charge in [0.2, 0.25) is 0 Å². The summed E-state index contributed by atoms with van der Waals surface area (Å²) in [4.78, 5) is 0. The second-order valence-electron chi connectivity index (χ2n) is 9.15. The van der Waals surface area contributed by atoms with Crippen LogP contribution < -0.4 is 0 Å². The Morgan fingerprint density at radius 1 is 0.550 bits per heavy atom. The number of hydrogen-bond acceptors (Lipinski definition) is 0. The standard InChI is InChI=1S/C18H38Si2/c1-19(2,17-11-7-5-8-12-17)15-16-20(3,4)18-13-9-6-10-14-18/h17-18H,5-16H2,1-4H3. The predicted octanol–water partition coefficient (Wildman–Crippen LogP) is 7.07. The lowest BCUT2D eigenvalue weighted by Gasteiger charge is -2.40. The molecule has 0 N–H and O–H groups in total. The van der Waals surface area contributed by atoms with E-state index in [0.29, 0.717) is 0 Å². The number of hydrogen-bond donors (Lipinski definition) is 0. The largest absolute Gasteiger partial charge is 0.0692 e. The molecule has 0 bridgehead atoms. The molecule has 2 aliphatic rings. The highest BCUT2D eigenvalue weighted by molar-refractivity contribution is 6.84. The van der Waals surface area contributed by atoms with Crippen molar-refractivity contribution in [3.05, 3.63) is 0 Å². The van der Waals surface area contributed by atoms with Gasteiger partial charge < -0.3 is 0 Å². The van der Waals surface area contributed by atoms with Crippen LogP contribution in [0.4, 0.5) is 0 Å². The van der Waals surface area contributed by atoms with E-state index in [9.17, 15) is 0 Å². The van der Waals surface area contributed by atoms with E-state index in [1.807, 2.05) is 0 Å². The second kappa shape index (κ2) is 7.13. The van der Waals surface area contributed by atoms with Crippen molar-refractivity contribution in [2.75, 3.05) is 0 Å². The lowest BCUT2D eigenvalue weighted by molar-refractivity contribution is 0.488. The molecule has 2 rings (SSSR count). The highest BCUT2D eigenvalue weighted by Crippen LogP contribution is 2.44. The van der Waals surface area contributed by atoms with Gasteiger partial charge in [-0.1, -0.05) is 102 Å². The van der Waals surface area contributed by atoms with Gasteiger partial charge in [-0.25, -0.2) is 0 Å². The van der Waals surface area contributed by atoms with Crippen molar-refractivity contribution >= 4 is 16.1 Å². The lowest BCUT2D eigenvalue weighted by atomic mass is 10.0. The summed E-state index contributed by atoms with van der Waals surface area (Å²) in [6.07, 6.45) is 15.5. The molecule has 0 aromatic heterocycles. The Labute approximate surface area is 130 Å². The molecule has 2 aliphatic carbocycles. The van der Waals surface area contributed by atoms with Crippen molar-refractivity contribution in [1.82, 2.24) is 0 Å². The Morgan fingerprint density at radius 3 is 1.15 bits per heavy atom. The van der Waals surface area contributed by atoms with Gasteiger partial charge >= 0.3 is 0 Å². The van der Waals surface area contributed by atoms with Crippen LogP contribution in [-0.2, 0) is 0 Å². The minimum absolute atomic E-state index is 0.941. The van der Waals surface area contributed by atoms with Gasteiger partial charge in [-0.3, -0.25) is 0 Å². The Hall–Kier alpha value is 0.434. The molecule has 0 heterocycles. The van der Waals surface area contributed by atoms with E-state index in [1.165, 1.54) is 38.5 Å². The summed E-state index contributed by atoms with van der Waals surface area (Å²) in [6.45, 7) is 10.9. The van der Waals surface area contributed by atoms with Crippen LogP contribution in [0, 0.1) is 0 Å². The molecule has 0 aromatic rings. The highest BCUT2D eigenvalue weighted by atomic mass is 28.3. The molecule has 0 aliphatic heterocycles. The monoisotopic (exact) mass is 310 g/mol. The van der Waals surface area contributed by atoms with Crippen LogP contribution in [0.1, 0.15) is 64.2 Å². The van der Waals surface area contributed by atoms with Gasteiger partial charge in [0.1, 0.15) is 0 Å². The van der Waals surface area contributed by atoms with Gasteiger partial charge in [0.25, 0.3) is 0 Å². The van der Waals surface area contributed by atoms with E-state index in [2.05, 4.69) is 26.2 Å². The molecule has 0 atom stereocenters. The molecule has 0 unspecified atom stereocenters. The maximum absolute atomic E-state index is 2.72. The van der Waals surface area contributed by atoms with Crippen molar-refractivity contribution in [3.63, 3.8) is 0 Å². The van der Waals surface area contributed by atoms with Gasteiger partial charge in [-0.15, -0.1) is 0 Å². The summed E-state index contributed by atoms with van der Waals surface area (Å²) in [6, 6.07) is 3.29. The van der Waals surface area contributed by atoms with Crippen LogP contribution in [0.5, 0.6) is 0 Å². The van der Waals surface area contributed by atoms with Crippen LogP contribution in [0.2, 0.25) is 49.4 Å². The molecular weight excluding hydrogens is 272 g/mol. The Balaban J connectivity index is 1.85. The highest BCUT2D eigenvalue weighted by Gasteiger charge is 2.37. The van der Waals surface area contributed by atoms with Crippen LogP contribution >= 0.6 is 0 Å². The van der Waals surface area contributed by atoms with Crippen LogP contribution in [-0.4, -0.2) is 16.1 Å². The first kappa shape index (κ1) is 16.8. The van der Waals surface area contributed by atoms with E-state index in [-0.39, 0.29) is 0 Å². The predicted molar refractivity (Wildman–Crippen MR) is 98.2 cm³/mol. The first-order chi connectivity index (χ1) is 9.42. The third kappa shape index (κ3) is 4.46. The van der Waals surface area contributed by atoms with Crippen molar-refractivity contribution in [1.29, 1.82) is 0 Å². The van der Waals surface area contributed by atoms with Crippen molar-refractivity contribution < 1.29 is 0 Å². The van der Waals surface area contributed by atoms with E-state index >= 15 is 0 Å². The third-order valence-electron chi connectivity index (χ3n) is 6.83. The van der Waals surface area contributed by atoms with Gasteiger partial charge in [0, 0.05) is 0 Å². The maximum Gasteiger partial charge on any atom is 0.0502 e. The number of rotatable bonds is 5. The van der Waals surface area contributed by atoms with E-state index in [4.69, 9.17) is 0 Å². The molecular formula is C18H38Si2. The summed E-state index contributed by atoms with van der Waals surface area (Å²) in [7, 11) is -1.88. The van der Waals surface area contributed by atoms with E-state index in [1.54, 1.807) is 37.8 Å². The molecule has 0 nitrogen and oxygen atoms in total. The zero-order valence-corrected chi connectivity index (χ0v) is 16.6. The lowest BCUT2D eigenvalue weighted by Crippen LogP contribution is -2.39. The minimum atomic E-state index is -0.941. The van der Waals surface area contributed by atoms with Gasteiger partial charge in [0.05, 0.1) is 16.1 Å². The first-order valence-electron chi connectivity index (χ1n) is 9.42. The molecule has 118 valence electrons. The Kier molecular flexibility index (Phi) is 5.99. The molecule has 2 heteroatoms. The van der Waals surface area contributed by atoms with Crippen molar-refractivity contribution in [2.24, 2.45) is 0 Å². The van der Waals surface area contributed by atoms with E-state index < -0.39 is 16.1 Å². The zero-order valence-electron chi connectivity index (χ0n) is 14.6. The molecule has 2 saturated carbocycles. The fraction of sp³-hybridized carbons (Fsp3) is 1.00. The Morgan fingerprint density at radius 2 is 0.850 bits per heavy atom. The van der Waals surface area contributed by atoms with Crippen molar-refractivity contribution in [2.45, 2.75) is 114 Å². The average Bonchev–Trinajstić information content (AvgIpc) is 2.47. The summed E-state index contributed by atoms with van der Waals surface area (Å²) in [5.74, 6) is 0. The summed E-state index contributed by atoms with van der Waals surface area (Å²) in [5, 5.41) is 0. The molecule has 20 heavy (non-hydrogen) atoms. The quantitative estimate of drug-likeness (QED) is 0.476. The van der Waals surface area contributed by atoms with Crippen LogP contribution in [0.15, 0.2) is 0 Å². The van der Waals surface area contributed by atoms with E-state index in [0.717, 1.165) is 11.1 Å². The van der Waals surface area contributed by atoms with Crippen molar-refractivity contribution in [3.8, 4) is 0 Å². The Bertz CT molecular complexity index is 254.